The number of imidazole rings is 1. The third-order valence-electron chi connectivity index (χ3n) is 10.6. The highest BCUT2D eigenvalue weighted by Gasteiger charge is 2.41. The van der Waals surface area contributed by atoms with Gasteiger partial charge in [0, 0.05) is 27.6 Å². The molecule has 1 amide bonds. The third kappa shape index (κ3) is 7.52. The molecule has 2 aromatic heterocycles. The average Bonchev–Trinajstić information content (AvgIpc) is 3.98. The van der Waals surface area contributed by atoms with Crippen molar-refractivity contribution in [2.75, 3.05) is 13.2 Å². The van der Waals surface area contributed by atoms with E-state index in [4.69, 9.17) is 36.2 Å². The Bertz CT molecular complexity index is 2620. The molecule has 0 saturated carbocycles. The fourth-order valence-electron chi connectivity index (χ4n) is 7.88. The number of benzene rings is 4. The van der Waals surface area contributed by atoms with E-state index in [-0.39, 0.29) is 30.5 Å². The van der Waals surface area contributed by atoms with Crippen LogP contribution >= 0.6 is 27.5 Å². The Labute approximate surface area is 360 Å². The number of tetrazole rings is 1. The van der Waals surface area contributed by atoms with Gasteiger partial charge >= 0.3 is 5.97 Å². The zero-order valence-electron chi connectivity index (χ0n) is 33.0. The second kappa shape index (κ2) is 17.9. The third-order valence-corrected chi connectivity index (χ3v) is 11.7. The molecule has 1 aliphatic heterocycles. The maximum absolute atomic E-state index is 13.8. The molecular formula is C47H41BrClN7O4. The number of aryl methyl sites for hydroxylation is 1. The summed E-state index contributed by atoms with van der Waals surface area (Å²) in [6, 6.07) is 40.5. The van der Waals surface area contributed by atoms with Crippen molar-refractivity contribution in [2.45, 2.75) is 45.2 Å². The standard InChI is InChI=1S/C47H41BrClN7O4/c1-3-5-25-39-51-44(49)43(46(58)50-28-40(57)60-4-2)55(39)29-37-34-26-27-59-30-38(34)42(48)41(37)35-23-15-16-24-36(35)45-52-54-56(53-45)47(31-17-9-6-10-18-31,32-19-11-7-12-20-32)33-21-13-8-14-22-33/h6-24,26-27,30H,3-5,25,28-29H2,1-2H3,(H,50,58). The first-order valence-electron chi connectivity index (χ1n) is 19.8. The van der Waals surface area contributed by atoms with Gasteiger partial charge in [0.05, 0.1) is 25.7 Å². The minimum atomic E-state index is -0.966. The number of hydrogen-bond acceptors (Lipinski definition) is 8. The van der Waals surface area contributed by atoms with E-state index in [1.807, 2.05) is 89.5 Å². The lowest BCUT2D eigenvalue weighted by Gasteiger charge is -2.34. The largest absolute Gasteiger partial charge is 0.472 e. The van der Waals surface area contributed by atoms with Gasteiger partial charge in [0.25, 0.3) is 5.91 Å². The summed E-state index contributed by atoms with van der Waals surface area (Å²) in [6.45, 7) is 3.91. The fraction of sp³-hybridized carbons (Fsp3) is 0.191. The van der Waals surface area contributed by atoms with Crippen LogP contribution < -0.4 is 5.32 Å². The zero-order valence-corrected chi connectivity index (χ0v) is 35.4. The summed E-state index contributed by atoms with van der Waals surface area (Å²) < 4.78 is 13.4. The van der Waals surface area contributed by atoms with Gasteiger partial charge < -0.3 is 19.0 Å². The molecule has 0 bridgehead atoms. The summed E-state index contributed by atoms with van der Waals surface area (Å²) in [5, 5.41) is 17.6. The summed E-state index contributed by atoms with van der Waals surface area (Å²) in [5.74, 6) is -0.0160. The van der Waals surface area contributed by atoms with Crippen LogP contribution in [0.25, 0.3) is 33.6 Å². The number of ether oxygens (including phenoxy) is 1. The number of unbranched alkanes of at least 4 members (excludes halogenated alkanes) is 1. The highest BCUT2D eigenvalue weighted by molar-refractivity contribution is 9.10. The number of hydrogen-bond donors (Lipinski definition) is 1. The highest BCUT2D eigenvalue weighted by Crippen LogP contribution is 2.49. The van der Waals surface area contributed by atoms with Crippen molar-refractivity contribution in [1.82, 2.24) is 35.1 Å². The average molecular weight is 883 g/mol. The first kappa shape index (κ1) is 40.4. The van der Waals surface area contributed by atoms with Gasteiger partial charge in [0.15, 0.2) is 10.7 Å². The Morgan fingerprint density at radius 1 is 0.817 bits per heavy atom. The number of halogens is 2. The maximum atomic E-state index is 13.8. The van der Waals surface area contributed by atoms with E-state index in [2.05, 4.69) is 69.6 Å². The van der Waals surface area contributed by atoms with Gasteiger partial charge in [-0.2, -0.15) is 0 Å². The van der Waals surface area contributed by atoms with Crippen molar-refractivity contribution < 1.29 is 18.7 Å². The fourth-order valence-corrected chi connectivity index (χ4v) is 8.92. The molecule has 1 aliphatic carbocycles. The zero-order chi connectivity index (χ0) is 41.6. The SMILES string of the molecule is CCCCc1nc(Cl)c(C(=O)NCC(=O)OCC)n1Cc1c2ccocc-2c(Br)c1-c1ccccc1-c1nnn(C(c2ccccc2)(c2ccccc2)c2ccccc2)n1. The molecule has 3 heterocycles. The lowest BCUT2D eigenvalue weighted by atomic mass is 9.77. The monoisotopic (exact) mass is 881 g/mol. The molecule has 60 heavy (non-hydrogen) atoms. The van der Waals surface area contributed by atoms with Gasteiger partial charge in [-0.15, -0.1) is 15.0 Å². The molecule has 0 unspecified atom stereocenters. The van der Waals surface area contributed by atoms with Crippen LogP contribution in [0.5, 0.6) is 0 Å². The molecule has 0 radical (unpaired) electrons. The number of nitrogens with zero attached hydrogens (tertiary/aromatic N) is 6. The van der Waals surface area contributed by atoms with Crippen molar-refractivity contribution in [1.29, 1.82) is 0 Å². The summed E-state index contributed by atoms with van der Waals surface area (Å²) >= 11 is 10.7. The molecule has 6 aromatic rings. The van der Waals surface area contributed by atoms with Crippen LogP contribution in [0.15, 0.2) is 143 Å². The summed E-state index contributed by atoms with van der Waals surface area (Å²) in [5.41, 5.74) is 7.12. The Kier molecular flexibility index (Phi) is 12.0. The number of esters is 1. The smallest absolute Gasteiger partial charge is 0.325 e. The topological polar surface area (TPSA) is 130 Å². The van der Waals surface area contributed by atoms with Crippen LogP contribution in [0.4, 0.5) is 0 Å². The number of carbonyl (C=O) groups excluding carboxylic acids is 2. The van der Waals surface area contributed by atoms with Crippen LogP contribution in [0.3, 0.4) is 0 Å². The number of aromatic nitrogens is 6. The van der Waals surface area contributed by atoms with E-state index in [0.29, 0.717) is 18.1 Å². The lowest BCUT2D eigenvalue weighted by molar-refractivity contribution is -0.141. The number of amides is 1. The summed E-state index contributed by atoms with van der Waals surface area (Å²) in [7, 11) is 0. The van der Waals surface area contributed by atoms with Gasteiger partial charge in [0.2, 0.25) is 5.82 Å². The van der Waals surface area contributed by atoms with Gasteiger partial charge in [-0.1, -0.05) is 140 Å². The van der Waals surface area contributed by atoms with Crippen molar-refractivity contribution in [3.05, 3.63) is 177 Å². The van der Waals surface area contributed by atoms with Crippen molar-refractivity contribution in [3.63, 3.8) is 0 Å². The summed E-state index contributed by atoms with van der Waals surface area (Å²) in [4.78, 5) is 32.4. The van der Waals surface area contributed by atoms with Crippen LogP contribution in [-0.4, -0.2) is 54.8 Å². The number of nitrogens with one attached hydrogen (secondary N) is 1. The Morgan fingerprint density at radius 3 is 2.05 bits per heavy atom. The normalized spacial score (nSPS) is 11.5. The van der Waals surface area contributed by atoms with E-state index in [1.54, 1.807) is 24.2 Å². The molecule has 0 atom stereocenters. The van der Waals surface area contributed by atoms with Crippen LogP contribution in [0.1, 0.15) is 65.3 Å². The van der Waals surface area contributed by atoms with Crippen molar-refractivity contribution in [2.24, 2.45) is 0 Å². The predicted octanol–water partition coefficient (Wildman–Crippen LogP) is 9.84. The van der Waals surface area contributed by atoms with Crippen molar-refractivity contribution >= 4 is 39.4 Å². The Hall–Kier alpha value is -6.37. The number of fused-ring (bicyclic) bond motifs is 1. The van der Waals surface area contributed by atoms with E-state index in [1.165, 1.54) is 0 Å². The van der Waals surface area contributed by atoms with Crippen molar-refractivity contribution in [3.8, 4) is 33.6 Å². The molecule has 11 nitrogen and oxygen atoms in total. The Balaban J connectivity index is 1.29. The minimum Gasteiger partial charge on any atom is -0.472 e. The van der Waals surface area contributed by atoms with Gasteiger partial charge in [-0.25, -0.2) is 4.98 Å². The second-order valence-corrected chi connectivity index (χ2v) is 15.3. The van der Waals surface area contributed by atoms with Crippen LogP contribution in [0.2, 0.25) is 5.15 Å². The lowest BCUT2D eigenvalue weighted by Crippen LogP contribution is -2.39. The number of carbonyl (C=O) groups is 2. The maximum Gasteiger partial charge on any atom is 0.325 e. The first-order valence-corrected chi connectivity index (χ1v) is 21.0. The molecule has 13 heteroatoms. The molecule has 302 valence electrons. The second-order valence-electron chi connectivity index (χ2n) is 14.2. The molecule has 0 fully saturated rings. The van der Waals surface area contributed by atoms with Gasteiger partial charge in [-0.05, 0) is 73.9 Å². The molecule has 1 N–H and O–H groups in total. The first-order chi connectivity index (χ1) is 29.4. The van der Waals surface area contributed by atoms with Gasteiger partial charge in [0.1, 0.15) is 18.1 Å². The molecule has 2 aliphatic rings. The van der Waals surface area contributed by atoms with Crippen LogP contribution in [-0.2, 0) is 28.0 Å². The van der Waals surface area contributed by atoms with E-state index < -0.39 is 17.4 Å². The predicted molar refractivity (Wildman–Crippen MR) is 234 cm³/mol. The van der Waals surface area contributed by atoms with E-state index in [0.717, 1.165) is 67.4 Å². The summed E-state index contributed by atoms with van der Waals surface area (Å²) in [6.07, 6.45) is 5.65. The highest BCUT2D eigenvalue weighted by atomic mass is 79.9. The number of rotatable bonds is 15. The molecule has 0 saturated heterocycles. The van der Waals surface area contributed by atoms with E-state index >= 15 is 0 Å². The quantitative estimate of drug-likeness (QED) is 0.0796. The Morgan fingerprint density at radius 2 is 1.43 bits per heavy atom. The van der Waals surface area contributed by atoms with Gasteiger partial charge in [-0.3, -0.25) is 9.59 Å². The molecule has 8 rings (SSSR count). The molecule has 4 aromatic carbocycles. The minimum absolute atomic E-state index is 0.0499. The molecular weight excluding hydrogens is 842 g/mol. The van der Waals surface area contributed by atoms with E-state index in [9.17, 15) is 9.59 Å². The molecule has 0 spiro atoms. The van der Waals surface area contributed by atoms with Crippen LogP contribution in [0, 0.1) is 0 Å².